The van der Waals surface area contributed by atoms with E-state index in [2.05, 4.69) is 22.5 Å². The van der Waals surface area contributed by atoms with E-state index in [9.17, 15) is 4.79 Å². The summed E-state index contributed by atoms with van der Waals surface area (Å²) in [5.41, 5.74) is 0. The summed E-state index contributed by atoms with van der Waals surface area (Å²) in [6.45, 7) is 7.64. The van der Waals surface area contributed by atoms with E-state index in [4.69, 9.17) is 0 Å². The summed E-state index contributed by atoms with van der Waals surface area (Å²) in [7, 11) is 0. The van der Waals surface area contributed by atoms with Crippen LogP contribution >= 0.6 is 0 Å². The van der Waals surface area contributed by atoms with Crippen LogP contribution in [0.5, 0.6) is 0 Å². The summed E-state index contributed by atoms with van der Waals surface area (Å²) in [6.07, 6.45) is 3.69. The van der Waals surface area contributed by atoms with Gasteiger partial charge < -0.3 is 15.5 Å². The normalized spacial score (nSPS) is 16.9. The van der Waals surface area contributed by atoms with Gasteiger partial charge in [-0.2, -0.15) is 0 Å². The van der Waals surface area contributed by atoms with E-state index in [1.807, 2.05) is 0 Å². The minimum atomic E-state index is 0.114. The molecule has 4 heteroatoms. The van der Waals surface area contributed by atoms with E-state index in [1.165, 1.54) is 25.9 Å². The molecule has 88 valence electrons. The molecule has 0 saturated carbocycles. The number of rotatable bonds is 7. The molecule has 1 rings (SSSR count). The number of nitrogens with one attached hydrogen (secondary N) is 2. The van der Waals surface area contributed by atoms with Gasteiger partial charge in [-0.1, -0.05) is 6.92 Å². The van der Waals surface area contributed by atoms with E-state index in [0.717, 1.165) is 26.1 Å². The predicted molar refractivity (Wildman–Crippen MR) is 61.8 cm³/mol. The van der Waals surface area contributed by atoms with Gasteiger partial charge in [-0.25, -0.2) is 0 Å². The molecule has 0 unspecified atom stereocenters. The third kappa shape index (κ3) is 5.74. The van der Waals surface area contributed by atoms with Gasteiger partial charge in [0.1, 0.15) is 0 Å². The lowest BCUT2D eigenvalue weighted by atomic mass is 10.4. The fourth-order valence-corrected chi connectivity index (χ4v) is 1.80. The number of carbonyl (C=O) groups excluding carboxylic acids is 1. The maximum Gasteiger partial charge on any atom is 0.234 e. The lowest BCUT2D eigenvalue weighted by Gasteiger charge is -2.14. The van der Waals surface area contributed by atoms with Crippen LogP contribution in [0.15, 0.2) is 0 Å². The van der Waals surface area contributed by atoms with E-state index in [1.54, 1.807) is 0 Å². The molecule has 0 atom stereocenters. The van der Waals surface area contributed by atoms with Gasteiger partial charge in [0.25, 0.3) is 0 Å². The van der Waals surface area contributed by atoms with Crippen molar-refractivity contribution in [1.29, 1.82) is 0 Å². The Labute approximate surface area is 92.4 Å². The Morgan fingerprint density at radius 1 is 1.27 bits per heavy atom. The molecular formula is C11H23N3O. The van der Waals surface area contributed by atoms with Crippen molar-refractivity contribution in [3.63, 3.8) is 0 Å². The Morgan fingerprint density at radius 2 is 2.00 bits per heavy atom. The minimum absolute atomic E-state index is 0.114. The summed E-state index contributed by atoms with van der Waals surface area (Å²) in [5, 5.41) is 6.01. The standard InChI is InChI=1S/C11H23N3O/c1-2-5-12-10-11(15)13-6-9-14-7-3-4-8-14/h12H,2-10H2,1H3,(H,13,15). The number of carbonyl (C=O) groups is 1. The summed E-state index contributed by atoms with van der Waals surface area (Å²) >= 11 is 0. The zero-order valence-corrected chi connectivity index (χ0v) is 9.72. The Bertz CT molecular complexity index is 179. The van der Waals surface area contributed by atoms with Crippen molar-refractivity contribution in [3.8, 4) is 0 Å². The highest BCUT2D eigenvalue weighted by Crippen LogP contribution is 2.05. The molecule has 0 spiro atoms. The largest absolute Gasteiger partial charge is 0.354 e. The monoisotopic (exact) mass is 213 g/mol. The molecule has 4 nitrogen and oxygen atoms in total. The van der Waals surface area contributed by atoms with Gasteiger partial charge >= 0.3 is 0 Å². The van der Waals surface area contributed by atoms with Crippen molar-refractivity contribution >= 4 is 5.91 Å². The highest BCUT2D eigenvalue weighted by molar-refractivity contribution is 5.77. The van der Waals surface area contributed by atoms with Crippen molar-refractivity contribution in [1.82, 2.24) is 15.5 Å². The molecule has 2 N–H and O–H groups in total. The second-order valence-electron chi connectivity index (χ2n) is 4.08. The van der Waals surface area contributed by atoms with E-state index < -0.39 is 0 Å². The van der Waals surface area contributed by atoms with Crippen molar-refractivity contribution in [3.05, 3.63) is 0 Å². The molecular weight excluding hydrogens is 190 g/mol. The van der Waals surface area contributed by atoms with Gasteiger partial charge in [-0.3, -0.25) is 4.79 Å². The first kappa shape index (κ1) is 12.5. The van der Waals surface area contributed by atoms with Crippen LogP contribution in [0.4, 0.5) is 0 Å². The SMILES string of the molecule is CCCNCC(=O)NCCN1CCCC1. The van der Waals surface area contributed by atoms with Gasteiger partial charge in [0.2, 0.25) is 5.91 Å². The zero-order chi connectivity index (χ0) is 10.9. The van der Waals surface area contributed by atoms with Gasteiger partial charge in [0.15, 0.2) is 0 Å². The second-order valence-corrected chi connectivity index (χ2v) is 4.08. The average Bonchev–Trinajstić information content (AvgIpc) is 2.71. The smallest absolute Gasteiger partial charge is 0.234 e. The first-order valence-corrected chi connectivity index (χ1v) is 6.02. The van der Waals surface area contributed by atoms with Gasteiger partial charge in [0.05, 0.1) is 6.54 Å². The molecule has 0 aromatic heterocycles. The maximum absolute atomic E-state index is 11.3. The Morgan fingerprint density at radius 3 is 2.67 bits per heavy atom. The van der Waals surface area contributed by atoms with Crippen LogP contribution in [-0.4, -0.2) is 50.1 Å². The van der Waals surface area contributed by atoms with Crippen LogP contribution in [0.2, 0.25) is 0 Å². The summed E-state index contributed by atoms with van der Waals surface area (Å²) in [4.78, 5) is 13.7. The lowest BCUT2D eigenvalue weighted by molar-refractivity contribution is -0.120. The molecule has 0 bridgehead atoms. The molecule has 0 aliphatic carbocycles. The molecule has 0 radical (unpaired) electrons. The predicted octanol–water partition coefficient (Wildman–Crippen LogP) is 0.198. The van der Waals surface area contributed by atoms with Gasteiger partial charge in [-0.15, -0.1) is 0 Å². The molecule has 1 heterocycles. The third-order valence-corrected chi connectivity index (χ3v) is 2.66. The van der Waals surface area contributed by atoms with Crippen LogP contribution in [0, 0.1) is 0 Å². The van der Waals surface area contributed by atoms with E-state index in [-0.39, 0.29) is 5.91 Å². The second kappa shape index (κ2) is 7.65. The van der Waals surface area contributed by atoms with E-state index in [0.29, 0.717) is 6.54 Å². The van der Waals surface area contributed by atoms with Gasteiger partial charge in [0, 0.05) is 13.1 Å². The number of likely N-dealkylation sites (tertiary alicyclic amines) is 1. The van der Waals surface area contributed by atoms with Crippen LogP contribution in [0.25, 0.3) is 0 Å². The van der Waals surface area contributed by atoms with Crippen LogP contribution in [0.1, 0.15) is 26.2 Å². The molecule has 0 aromatic carbocycles. The molecule has 1 aliphatic heterocycles. The van der Waals surface area contributed by atoms with Crippen LogP contribution < -0.4 is 10.6 Å². The number of hydrogen-bond acceptors (Lipinski definition) is 3. The summed E-state index contributed by atoms with van der Waals surface area (Å²) in [6, 6.07) is 0. The molecule has 1 amide bonds. The Balaban J connectivity index is 1.91. The number of hydrogen-bond donors (Lipinski definition) is 2. The summed E-state index contributed by atoms with van der Waals surface area (Å²) in [5.74, 6) is 0.114. The van der Waals surface area contributed by atoms with Crippen molar-refractivity contribution in [2.75, 3.05) is 39.3 Å². The molecule has 1 saturated heterocycles. The Hall–Kier alpha value is -0.610. The number of amides is 1. The number of nitrogens with zero attached hydrogens (tertiary/aromatic N) is 1. The van der Waals surface area contributed by atoms with Crippen molar-refractivity contribution in [2.45, 2.75) is 26.2 Å². The van der Waals surface area contributed by atoms with Gasteiger partial charge in [-0.05, 0) is 38.9 Å². The highest BCUT2D eigenvalue weighted by atomic mass is 16.1. The first-order valence-electron chi connectivity index (χ1n) is 6.02. The Kier molecular flexibility index (Phi) is 6.36. The highest BCUT2D eigenvalue weighted by Gasteiger charge is 2.10. The third-order valence-electron chi connectivity index (χ3n) is 2.66. The molecule has 15 heavy (non-hydrogen) atoms. The summed E-state index contributed by atoms with van der Waals surface area (Å²) < 4.78 is 0. The van der Waals surface area contributed by atoms with Crippen molar-refractivity contribution < 1.29 is 4.79 Å². The maximum atomic E-state index is 11.3. The minimum Gasteiger partial charge on any atom is -0.354 e. The fraction of sp³-hybridized carbons (Fsp3) is 0.909. The average molecular weight is 213 g/mol. The molecule has 0 aromatic rings. The van der Waals surface area contributed by atoms with Crippen LogP contribution in [-0.2, 0) is 4.79 Å². The quantitative estimate of drug-likeness (QED) is 0.594. The lowest BCUT2D eigenvalue weighted by Crippen LogP contribution is -2.38. The zero-order valence-electron chi connectivity index (χ0n) is 9.72. The topological polar surface area (TPSA) is 44.4 Å². The van der Waals surface area contributed by atoms with E-state index >= 15 is 0 Å². The fourth-order valence-electron chi connectivity index (χ4n) is 1.80. The molecule has 1 aliphatic rings. The first-order chi connectivity index (χ1) is 7.33. The van der Waals surface area contributed by atoms with Crippen LogP contribution in [0.3, 0.4) is 0 Å². The molecule has 1 fully saturated rings. The van der Waals surface area contributed by atoms with Crippen molar-refractivity contribution in [2.24, 2.45) is 0 Å².